The number of rotatable bonds is 8. The molecule has 1 atom stereocenters. The maximum atomic E-state index is 13.9. The quantitative estimate of drug-likeness (QED) is 0.354. The van der Waals surface area contributed by atoms with Crippen molar-refractivity contribution in [1.82, 2.24) is 0 Å². The molecule has 1 aromatic rings. The van der Waals surface area contributed by atoms with E-state index in [0.29, 0.717) is 16.2 Å². The lowest BCUT2D eigenvalue weighted by Gasteiger charge is -2.19. The zero-order chi connectivity index (χ0) is 18.0. The number of hydrogen-bond acceptors (Lipinski definition) is 2. The number of carbonyl (C=O) groups excluding carboxylic acids is 1. The normalized spacial score (nSPS) is 15.4. The third kappa shape index (κ3) is 4.31. The van der Waals surface area contributed by atoms with E-state index in [-0.39, 0.29) is 0 Å². The zero-order valence-corrected chi connectivity index (χ0v) is 15.1. The first-order valence-electron chi connectivity index (χ1n) is 7.68. The Hall–Kier alpha value is -2.44. The molecular weight excluding hydrogens is 315 g/mol. The van der Waals surface area contributed by atoms with Crippen LogP contribution in [0.25, 0.3) is 0 Å². The van der Waals surface area contributed by atoms with Crippen molar-refractivity contribution >= 4 is 18.0 Å². The van der Waals surface area contributed by atoms with Crippen LogP contribution in [-0.2, 0) is 9.36 Å². The van der Waals surface area contributed by atoms with E-state index >= 15 is 0 Å². The van der Waals surface area contributed by atoms with Gasteiger partial charge in [-0.15, -0.1) is 0 Å². The minimum atomic E-state index is -3.50. The van der Waals surface area contributed by atoms with Crippen LogP contribution in [0, 0.1) is 0 Å². The molecule has 24 heavy (non-hydrogen) atoms. The van der Waals surface area contributed by atoms with Gasteiger partial charge < -0.3 is 4.57 Å². The van der Waals surface area contributed by atoms with Crippen LogP contribution in [0.5, 0.6) is 0 Å². The first-order valence-corrected chi connectivity index (χ1v) is 9.38. The Labute approximate surface area is 144 Å². The molecular formula is C21H23O2P. The Bertz CT molecular complexity index is 762. The standard InChI is InChI=1S/C21H23O2P/c1-5-9-15-19(8-4)24(23,20-16-11-10-12-17-20)21(22)18(13-6-2)14-7-3/h5-17H,1-2H2,3-4H3/b14-7-,15-9-,18-13+,19-8+. The molecule has 0 saturated heterocycles. The second-order valence-electron chi connectivity index (χ2n) is 4.92. The lowest BCUT2D eigenvalue weighted by Crippen LogP contribution is -2.15. The van der Waals surface area contributed by atoms with E-state index in [1.807, 2.05) is 13.0 Å². The maximum Gasteiger partial charge on any atom is 0.230 e. The van der Waals surface area contributed by atoms with Gasteiger partial charge in [0.25, 0.3) is 0 Å². The summed E-state index contributed by atoms with van der Waals surface area (Å²) in [5.74, 6) is 0. The fraction of sp³-hybridized carbons (Fsp3) is 0.0952. The number of allylic oxidation sites excluding steroid dienone is 10. The predicted molar refractivity (Wildman–Crippen MR) is 105 cm³/mol. The molecule has 0 spiro atoms. The van der Waals surface area contributed by atoms with Gasteiger partial charge in [0.15, 0.2) is 0 Å². The summed E-state index contributed by atoms with van der Waals surface area (Å²) in [6.07, 6.45) is 13.2. The highest BCUT2D eigenvalue weighted by molar-refractivity contribution is 7.91. The van der Waals surface area contributed by atoms with Gasteiger partial charge in [0, 0.05) is 16.2 Å². The minimum Gasteiger partial charge on any atom is -0.305 e. The SMILES string of the molecule is C=C/C=C\C(=C/C)P(=O)(C(=O)C(/C=C\C)=C/C=C)c1ccccc1. The summed E-state index contributed by atoms with van der Waals surface area (Å²) in [4.78, 5) is 13.2. The molecule has 1 aromatic carbocycles. The second kappa shape index (κ2) is 9.64. The van der Waals surface area contributed by atoms with Crippen molar-refractivity contribution in [2.45, 2.75) is 13.8 Å². The van der Waals surface area contributed by atoms with Gasteiger partial charge in [0.2, 0.25) is 12.7 Å². The third-order valence-corrected chi connectivity index (χ3v) is 6.35. The van der Waals surface area contributed by atoms with E-state index < -0.39 is 12.7 Å². The molecule has 0 fully saturated rings. The smallest absolute Gasteiger partial charge is 0.230 e. The average Bonchev–Trinajstić information content (AvgIpc) is 2.62. The molecule has 1 rings (SSSR count). The Morgan fingerprint density at radius 2 is 1.71 bits per heavy atom. The van der Waals surface area contributed by atoms with Gasteiger partial charge in [-0.2, -0.15) is 0 Å². The third-order valence-electron chi connectivity index (χ3n) is 3.36. The van der Waals surface area contributed by atoms with Crippen LogP contribution in [-0.4, -0.2) is 5.52 Å². The molecule has 0 aliphatic carbocycles. The van der Waals surface area contributed by atoms with Crippen LogP contribution >= 0.6 is 7.14 Å². The number of hydrogen-bond donors (Lipinski definition) is 0. The maximum absolute atomic E-state index is 13.9. The van der Waals surface area contributed by atoms with Gasteiger partial charge in [-0.05, 0) is 13.8 Å². The summed E-state index contributed by atoms with van der Waals surface area (Å²) in [6.45, 7) is 10.9. The first-order chi connectivity index (χ1) is 11.6. The largest absolute Gasteiger partial charge is 0.305 e. The highest BCUT2D eigenvalue weighted by atomic mass is 31.2. The number of carbonyl (C=O) groups is 1. The molecule has 1 unspecified atom stereocenters. The van der Waals surface area contributed by atoms with Crippen molar-refractivity contribution < 1.29 is 9.36 Å². The number of benzene rings is 1. The molecule has 2 nitrogen and oxygen atoms in total. The highest BCUT2D eigenvalue weighted by Crippen LogP contribution is 2.56. The molecule has 3 heteroatoms. The Morgan fingerprint density at radius 3 is 2.21 bits per heavy atom. The molecule has 0 saturated carbocycles. The van der Waals surface area contributed by atoms with Gasteiger partial charge >= 0.3 is 0 Å². The van der Waals surface area contributed by atoms with E-state index in [1.54, 1.807) is 73.7 Å². The summed E-state index contributed by atoms with van der Waals surface area (Å²) >= 11 is 0. The predicted octanol–water partition coefficient (Wildman–Crippen LogP) is 5.54. The van der Waals surface area contributed by atoms with Crippen molar-refractivity contribution in [1.29, 1.82) is 0 Å². The van der Waals surface area contributed by atoms with Crippen molar-refractivity contribution in [2.24, 2.45) is 0 Å². The van der Waals surface area contributed by atoms with Crippen molar-refractivity contribution in [3.05, 3.63) is 103 Å². The van der Waals surface area contributed by atoms with Crippen LogP contribution in [0.1, 0.15) is 13.8 Å². The van der Waals surface area contributed by atoms with Gasteiger partial charge in [0.05, 0.1) is 0 Å². The van der Waals surface area contributed by atoms with Gasteiger partial charge in [-0.1, -0.05) is 92.1 Å². The van der Waals surface area contributed by atoms with E-state index in [0.717, 1.165) is 0 Å². The van der Waals surface area contributed by atoms with Crippen LogP contribution in [0.3, 0.4) is 0 Å². The monoisotopic (exact) mass is 338 g/mol. The lowest BCUT2D eigenvalue weighted by molar-refractivity contribution is -0.108. The topological polar surface area (TPSA) is 34.1 Å². The molecule has 0 N–H and O–H groups in total. The van der Waals surface area contributed by atoms with Gasteiger partial charge in [-0.3, -0.25) is 4.79 Å². The summed E-state index contributed by atoms with van der Waals surface area (Å²) in [5, 5.41) is 0.995. The summed E-state index contributed by atoms with van der Waals surface area (Å²) in [7, 11) is -3.50. The average molecular weight is 338 g/mol. The van der Waals surface area contributed by atoms with Crippen molar-refractivity contribution in [3.8, 4) is 0 Å². The Balaban J connectivity index is 3.67. The summed E-state index contributed by atoms with van der Waals surface area (Å²) in [6, 6.07) is 8.86. The van der Waals surface area contributed by atoms with Crippen LogP contribution < -0.4 is 5.30 Å². The van der Waals surface area contributed by atoms with E-state index in [1.165, 1.54) is 6.08 Å². The Morgan fingerprint density at radius 1 is 1.04 bits per heavy atom. The first kappa shape index (κ1) is 19.6. The molecule has 0 aromatic heterocycles. The molecule has 0 bridgehead atoms. The summed E-state index contributed by atoms with van der Waals surface area (Å²) < 4.78 is 13.9. The van der Waals surface area contributed by atoms with E-state index in [4.69, 9.17) is 0 Å². The fourth-order valence-electron chi connectivity index (χ4n) is 2.26. The van der Waals surface area contributed by atoms with Crippen LogP contribution in [0.15, 0.2) is 103 Å². The molecule has 0 aliphatic rings. The van der Waals surface area contributed by atoms with Crippen molar-refractivity contribution in [3.63, 3.8) is 0 Å². The van der Waals surface area contributed by atoms with E-state index in [9.17, 15) is 9.36 Å². The van der Waals surface area contributed by atoms with Gasteiger partial charge in [0.1, 0.15) is 0 Å². The van der Waals surface area contributed by atoms with Crippen LogP contribution in [0.4, 0.5) is 0 Å². The lowest BCUT2D eigenvalue weighted by atomic mass is 10.2. The van der Waals surface area contributed by atoms with Crippen LogP contribution in [0.2, 0.25) is 0 Å². The zero-order valence-electron chi connectivity index (χ0n) is 14.2. The second-order valence-corrected chi connectivity index (χ2v) is 7.57. The molecule has 0 heterocycles. The molecule has 0 radical (unpaired) electrons. The highest BCUT2D eigenvalue weighted by Gasteiger charge is 2.37. The molecule has 0 aliphatic heterocycles. The van der Waals surface area contributed by atoms with Crippen molar-refractivity contribution in [2.75, 3.05) is 0 Å². The van der Waals surface area contributed by atoms with Gasteiger partial charge in [-0.25, -0.2) is 0 Å². The van der Waals surface area contributed by atoms with E-state index in [2.05, 4.69) is 13.2 Å². The molecule has 124 valence electrons. The Kier molecular flexibility index (Phi) is 7.88. The fourth-order valence-corrected chi connectivity index (χ4v) is 4.79. The molecule has 0 amide bonds. The minimum absolute atomic E-state index is 0.367. The summed E-state index contributed by atoms with van der Waals surface area (Å²) in [5.41, 5.74) is -0.0421.